The van der Waals surface area contributed by atoms with Crippen molar-refractivity contribution >= 4 is 12.9 Å². The summed E-state index contributed by atoms with van der Waals surface area (Å²) in [5, 5.41) is 0.263. The van der Waals surface area contributed by atoms with Crippen molar-refractivity contribution < 1.29 is 14.4 Å². The molecule has 0 unspecified atom stereocenters. The summed E-state index contributed by atoms with van der Waals surface area (Å²) in [7, 11) is -4.21. The zero-order chi connectivity index (χ0) is 20.7. The number of hydrogen-bond acceptors (Lipinski definition) is 1. The average Bonchev–Trinajstić information content (AvgIpc) is 2.66. The predicted octanol–water partition coefficient (Wildman–Crippen LogP) is 7.08. The molecule has 0 saturated carbocycles. The van der Waals surface area contributed by atoms with E-state index in [4.69, 9.17) is 0 Å². The monoisotopic (exact) mass is 410 g/mol. The number of unbranched alkanes of at least 4 members (excludes halogenated alkanes) is 12. The smallest absolute Gasteiger partial charge is 0.321 e. The highest BCUT2D eigenvalue weighted by Crippen LogP contribution is 2.36. The third kappa shape index (κ3) is 10.8. The zero-order valence-corrected chi connectivity index (χ0v) is 19.2. The summed E-state index contributed by atoms with van der Waals surface area (Å²) < 4.78 is 12.0. The molecule has 0 spiro atoms. The fourth-order valence-electron chi connectivity index (χ4n) is 3.95. The second-order valence-electron chi connectivity index (χ2n) is 8.20. The molecule has 0 aromatic heterocycles. The largest absolute Gasteiger partial charge is 0.356 e. The molecular formula is C24H43O3P. The summed E-state index contributed by atoms with van der Waals surface area (Å²) in [6.45, 7) is 4.46. The third-order valence-electron chi connectivity index (χ3n) is 5.64. The number of rotatable bonds is 17. The van der Waals surface area contributed by atoms with Crippen LogP contribution < -0.4 is 5.30 Å². The molecule has 0 amide bonds. The van der Waals surface area contributed by atoms with Gasteiger partial charge in [-0.15, -0.1) is 0 Å². The summed E-state index contributed by atoms with van der Waals surface area (Å²) in [4.78, 5) is 19.6. The predicted molar refractivity (Wildman–Crippen MR) is 122 cm³/mol. The fourth-order valence-corrected chi connectivity index (χ4v) is 4.84. The highest BCUT2D eigenvalue weighted by Gasteiger charge is 2.22. The Kier molecular flexibility index (Phi) is 13.8. The topological polar surface area (TPSA) is 57.5 Å². The molecular weight excluding hydrogens is 367 g/mol. The Morgan fingerprint density at radius 3 is 1.64 bits per heavy atom. The molecule has 1 rings (SSSR count). The Morgan fingerprint density at radius 1 is 0.679 bits per heavy atom. The molecule has 0 atom stereocenters. The van der Waals surface area contributed by atoms with E-state index >= 15 is 0 Å². The van der Waals surface area contributed by atoms with E-state index in [2.05, 4.69) is 19.9 Å². The van der Waals surface area contributed by atoms with Gasteiger partial charge in [-0.25, -0.2) is 0 Å². The molecule has 28 heavy (non-hydrogen) atoms. The Hall–Kier alpha value is -0.630. The van der Waals surface area contributed by atoms with Gasteiger partial charge in [-0.1, -0.05) is 103 Å². The van der Waals surface area contributed by atoms with Gasteiger partial charge in [0.2, 0.25) is 0 Å². The average molecular weight is 411 g/mol. The maximum Gasteiger partial charge on any atom is 0.356 e. The van der Waals surface area contributed by atoms with E-state index < -0.39 is 7.60 Å². The van der Waals surface area contributed by atoms with Gasteiger partial charge >= 0.3 is 7.60 Å². The van der Waals surface area contributed by atoms with Gasteiger partial charge in [0.1, 0.15) is 0 Å². The lowest BCUT2D eigenvalue weighted by Gasteiger charge is -2.16. The van der Waals surface area contributed by atoms with Crippen molar-refractivity contribution in [3.8, 4) is 0 Å². The highest BCUT2D eigenvalue weighted by molar-refractivity contribution is 7.60. The van der Waals surface area contributed by atoms with Crippen molar-refractivity contribution in [2.45, 2.75) is 117 Å². The molecule has 3 nitrogen and oxygen atoms in total. The van der Waals surface area contributed by atoms with Crippen molar-refractivity contribution in [1.29, 1.82) is 0 Å². The first kappa shape index (κ1) is 25.4. The quantitative estimate of drug-likeness (QED) is 0.213. The van der Waals surface area contributed by atoms with Crippen LogP contribution in [-0.4, -0.2) is 9.79 Å². The van der Waals surface area contributed by atoms with Crippen LogP contribution in [0, 0.1) is 0 Å². The van der Waals surface area contributed by atoms with E-state index in [-0.39, 0.29) is 5.30 Å². The Labute approximate surface area is 173 Å². The maximum absolute atomic E-state index is 12.0. The minimum atomic E-state index is -4.21. The van der Waals surface area contributed by atoms with Crippen molar-refractivity contribution in [1.82, 2.24) is 0 Å². The summed E-state index contributed by atoms with van der Waals surface area (Å²) >= 11 is 0. The summed E-state index contributed by atoms with van der Waals surface area (Å²) in [5.74, 6) is 0. The van der Waals surface area contributed by atoms with Gasteiger partial charge in [-0.2, -0.15) is 0 Å². The Balaban J connectivity index is 2.56. The number of aryl methyl sites for hydroxylation is 1. The lowest BCUT2D eigenvalue weighted by Crippen LogP contribution is -2.14. The minimum Gasteiger partial charge on any atom is -0.321 e. The van der Waals surface area contributed by atoms with Crippen LogP contribution >= 0.6 is 7.60 Å². The van der Waals surface area contributed by atoms with Gasteiger partial charge in [-0.3, -0.25) is 4.57 Å². The van der Waals surface area contributed by atoms with Gasteiger partial charge in [0.05, 0.1) is 5.30 Å². The normalized spacial score (nSPS) is 11.9. The number of hydrogen-bond donors (Lipinski definition) is 2. The molecule has 0 heterocycles. The van der Waals surface area contributed by atoms with E-state index in [1.165, 1.54) is 70.6 Å². The first-order valence-electron chi connectivity index (χ1n) is 11.7. The van der Waals surface area contributed by atoms with Crippen molar-refractivity contribution in [2.24, 2.45) is 0 Å². The lowest BCUT2D eigenvalue weighted by atomic mass is 9.96. The van der Waals surface area contributed by atoms with Gasteiger partial charge < -0.3 is 9.79 Å². The summed E-state index contributed by atoms with van der Waals surface area (Å²) in [6, 6.07) is 5.53. The van der Waals surface area contributed by atoms with Crippen molar-refractivity contribution in [3.05, 3.63) is 29.3 Å². The van der Waals surface area contributed by atoms with E-state index in [1.54, 1.807) is 6.07 Å². The van der Waals surface area contributed by atoms with Crippen molar-refractivity contribution in [2.75, 3.05) is 0 Å². The SMILES string of the molecule is CCCCCCCCCc1cccc(P(=O)(O)O)c1CCCCCCCCC. The van der Waals surface area contributed by atoms with Gasteiger partial charge in [0.15, 0.2) is 0 Å². The molecule has 0 bridgehead atoms. The molecule has 162 valence electrons. The molecule has 1 aromatic rings. The molecule has 1 aromatic carbocycles. The molecule has 4 heteroatoms. The van der Waals surface area contributed by atoms with E-state index in [0.29, 0.717) is 0 Å². The molecule has 2 N–H and O–H groups in total. The van der Waals surface area contributed by atoms with Gasteiger partial charge in [0.25, 0.3) is 0 Å². The lowest BCUT2D eigenvalue weighted by molar-refractivity contribution is 0.387. The van der Waals surface area contributed by atoms with Crippen LogP contribution in [0.4, 0.5) is 0 Å². The van der Waals surface area contributed by atoms with Gasteiger partial charge in [0, 0.05) is 0 Å². The Bertz CT molecular complexity index is 565. The second kappa shape index (κ2) is 15.2. The molecule has 0 saturated heterocycles. The molecule has 0 aliphatic heterocycles. The zero-order valence-electron chi connectivity index (χ0n) is 18.3. The van der Waals surface area contributed by atoms with Crippen LogP contribution in [0.1, 0.15) is 115 Å². The molecule has 0 aliphatic rings. The van der Waals surface area contributed by atoms with Crippen LogP contribution in [0.5, 0.6) is 0 Å². The fraction of sp³-hybridized carbons (Fsp3) is 0.750. The first-order chi connectivity index (χ1) is 13.5. The van der Waals surface area contributed by atoms with Gasteiger partial charge in [-0.05, 0) is 42.9 Å². The van der Waals surface area contributed by atoms with E-state index in [1.807, 2.05) is 6.07 Å². The summed E-state index contributed by atoms with van der Waals surface area (Å²) in [6.07, 6.45) is 19.1. The highest BCUT2D eigenvalue weighted by atomic mass is 31.2. The van der Waals surface area contributed by atoms with Crippen LogP contribution in [0.2, 0.25) is 0 Å². The van der Waals surface area contributed by atoms with E-state index in [9.17, 15) is 14.4 Å². The van der Waals surface area contributed by atoms with Crippen molar-refractivity contribution in [3.63, 3.8) is 0 Å². The maximum atomic E-state index is 12.0. The minimum absolute atomic E-state index is 0.263. The van der Waals surface area contributed by atoms with Crippen LogP contribution in [0.3, 0.4) is 0 Å². The van der Waals surface area contributed by atoms with E-state index in [0.717, 1.165) is 43.2 Å². The van der Waals surface area contributed by atoms with Crippen LogP contribution in [0.15, 0.2) is 18.2 Å². The summed E-state index contributed by atoms with van der Waals surface area (Å²) in [5.41, 5.74) is 2.08. The second-order valence-corrected chi connectivity index (χ2v) is 9.77. The molecule has 0 radical (unpaired) electrons. The van der Waals surface area contributed by atoms with Crippen LogP contribution in [-0.2, 0) is 17.4 Å². The Morgan fingerprint density at radius 2 is 1.14 bits per heavy atom. The molecule has 0 fully saturated rings. The third-order valence-corrected chi connectivity index (χ3v) is 6.69. The molecule has 0 aliphatic carbocycles. The first-order valence-corrected chi connectivity index (χ1v) is 13.3. The number of benzene rings is 1. The van der Waals surface area contributed by atoms with Crippen LogP contribution in [0.25, 0.3) is 0 Å². The standard InChI is InChI=1S/C24H43O3P/c1-3-5-7-9-11-13-15-18-22-19-17-21-24(28(25,26)27)23(22)20-16-14-12-10-8-6-4-2/h17,19,21H,3-16,18,20H2,1-2H3,(H2,25,26,27).